The van der Waals surface area contributed by atoms with Crippen molar-refractivity contribution < 1.29 is 5.11 Å². The average molecular weight is 288 g/mol. The van der Waals surface area contributed by atoms with Gasteiger partial charge in [-0.25, -0.2) is 4.98 Å². The lowest BCUT2D eigenvalue weighted by Gasteiger charge is -2.00. The highest BCUT2D eigenvalue weighted by molar-refractivity contribution is 6.02. The number of hydrogen-bond acceptors (Lipinski definition) is 4. The van der Waals surface area contributed by atoms with Gasteiger partial charge in [-0.2, -0.15) is 0 Å². The molecule has 106 valence electrons. The molecule has 0 saturated heterocycles. The maximum Gasteiger partial charge on any atom is 0.199 e. The molecular formula is C17H12N4O. The molecule has 0 unspecified atom stereocenters. The third-order valence-corrected chi connectivity index (χ3v) is 3.53. The Balaban J connectivity index is 1.84. The Kier molecular flexibility index (Phi) is 2.83. The average Bonchev–Trinajstić information content (AvgIpc) is 2.88. The summed E-state index contributed by atoms with van der Waals surface area (Å²) in [7, 11) is 0. The fourth-order valence-corrected chi connectivity index (χ4v) is 2.49. The predicted molar refractivity (Wildman–Crippen MR) is 86.8 cm³/mol. The van der Waals surface area contributed by atoms with Crippen LogP contribution < -0.4 is 0 Å². The summed E-state index contributed by atoms with van der Waals surface area (Å²) in [6.07, 6.45) is 5.06. The summed E-state index contributed by atoms with van der Waals surface area (Å²) in [4.78, 5) is 15.9. The first-order chi connectivity index (χ1) is 10.8. The van der Waals surface area contributed by atoms with Crippen molar-refractivity contribution in [3.05, 3.63) is 60.4 Å². The monoisotopic (exact) mass is 288 g/mol. The van der Waals surface area contributed by atoms with Crippen LogP contribution >= 0.6 is 0 Å². The fraction of sp³-hybridized carbons (Fsp3) is 0. The summed E-state index contributed by atoms with van der Waals surface area (Å²) >= 11 is 0. The van der Waals surface area contributed by atoms with Crippen LogP contribution in [0.3, 0.4) is 0 Å². The first-order valence-electron chi connectivity index (χ1n) is 6.86. The van der Waals surface area contributed by atoms with Gasteiger partial charge in [0.15, 0.2) is 5.88 Å². The number of nitrogens with zero attached hydrogens (tertiary/aromatic N) is 3. The zero-order valence-electron chi connectivity index (χ0n) is 11.6. The van der Waals surface area contributed by atoms with Gasteiger partial charge in [0.1, 0.15) is 5.65 Å². The number of aromatic amines is 1. The van der Waals surface area contributed by atoms with Gasteiger partial charge in [0.2, 0.25) is 0 Å². The number of pyridine rings is 2. The number of aromatic hydroxyl groups is 1. The van der Waals surface area contributed by atoms with Gasteiger partial charge >= 0.3 is 0 Å². The predicted octanol–water partition coefficient (Wildman–Crippen LogP) is 3.57. The molecule has 0 atom stereocenters. The van der Waals surface area contributed by atoms with E-state index in [9.17, 15) is 5.11 Å². The molecule has 3 aromatic heterocycles. The van der Waals surface area contributed by atoms with Crippen LogP contribution in [0.1, 0.15) is 5.56 Å². The van der Waals surface area contributed by atoms with E-state index in [0.29, 0.717) is 11.2 Å². The Bertz CT molecular complexity index is 999. The second-order valence-electron chi connectivity index (χ2n) is 4.90. The van der Waals surface area contributed by atoms with E-state index < -0.39 is 0 Å². The molecule has 5 nitrogen and oxygen atoms in total. The maximum atomic E-state index is 10.0. The summed E-state index contributed by atoms with van der Waals surface area (Å²) in [5.41, 5.74) is 2.85. The first kappa shape index (κ1) is 12.5. The van der Waals surface area contributed by atoms with Gasteiger partial charge < -0.3 is 10.1 Å². The standard InChI is InChI=1S/C17H12N4O/c22-17-13(12-6-3-9-19-16(12)21-17)10-20-14-7-1-4-11-5-2-8-18-15(11)14/h1-10,22H,(H,19,21). The van der Waals surface area contributed by atoms with Crippen LogP contribution in [-0.4, -0.2) is 26.3 Å². The number of aromatic nitrogens is 3. The molecule has 4 aromatic rings. The minimum Gasteiger partial charge on any atom is -0.494 e. The van der Waals surface area contributed by atoms with Crippen LogP contribution in [0.5, 0.6) is 5.88 Å². The lowest BCUT2D eigenvalue weighted by molar-refractivity contribution is 0.457. The van der Waals surface area contributed by atoms with Crippen LogP contribution in [0.2, 0.25) is 0 Å². The van der Waals surface area contributed by atoms with Crippen LogP contribution in [0.15, 0.2) is 59.9 Å². The fourth-order valence-electron chi connectivity index (χ4n) is 2.49. The van der Waals surface area contributed by atoms with Crippen molar-refractivity contribution >= 4 is 33.8 Å². The van der Waals surface area contributed by atoms with Crippen LogP contribution in [-0.2, 0) is 0 Å². The highest BCUT2D eigenvalue weighted by Gasteiger charge is 2.09. The van der Waals surface area contributed by atoms with Gasteiger partial charge in [-0.15, -0.1) is 0 Å². The largest absolute Gasteiger partial charge is 0.494 e. The van der Waals surface area contributed by atoms with E-state index in [1.807, 2.05) is 42.5 Å². The molecular weight excluding hydrogens is 276 g/mol. The number of benzene rings is 1. The zero-order chi connectivity index (χ0) is 14.9. The molecule has 0 amide bonds. The van der Waals surface area contributed by atoms with Crippen molar-refractivity contribution in [2.24, 2.45) is 4.99 Å². The molecule has 4 rings (SSSR count). The van der Waals surface area contributed by atoms with Crippen molar-refractivity contribution in [1.29, 1.82) is 0 Å². The molecule has 0 aliphatic carbocycles. The quantitative estimate of drug-likeness (QED) is 0.554. The minimum absolute atomic E-state index is 0.0608. The van der Waals surface area contributed by atoms with E-state index in [1.54, 1.807) is 18.6 Å². The Hall–Kier alpha value is -3.21. The summed E-state index contributed by atoms with van der Waals surface area (Å²) in [6.45, 7) is 0. The first-order valence-corrected chi connectivity index (χ1v) is 6.86. The van der Waals surface area contributed by atoms with Crippen LogP contribution in [0, 0.1) is 0 Å². The van der Waals surface area contributed by atoms with Gasteiger partial charge in [-0.05, 0) is 24.3 Å². The molecule has 5 heteroatoms. The molecule has 0 bridgehead atoms. The number of rotatable bonds is 2. The van der Waals surface area contributed by atoms with Gasteiger partial charge in [-0.3, -0.25) is 9.98 Å². The van der Waals surface area contributed by atoms with E-state index >= 15 is 0 Å². The number of nitrogens with one attached hydrogen (secondary N) is 1. The lowest BCUT2D eigenvalue weighted by atomic mass is 10.2. The second kappa shape index (κ2) is 4.96. The van der Waals surface area contributed by atoms with E-state index in [0.717, 1.165) is 22.0 Å². The summed E-state index contributed by atoms with van der Waals surface area (Å²) in [6, 6.07) is 13.4. The Morgan fingerprint density at radius 3 is 2.77 bits per heavy atom. The molecule has 0 saturated carbocycles. The third kappa shape index (κ3) is 2.00. The second-order valence-corrected chi connectivity index (χ2v) is 4.90. The van der Waals surface area contributed by atoms with E-state index in [1.165, 1.54) is 0 Å². The van der Waals surface area contributed by atoms with Gasteiger partial charge in [0.25, 0.3) is 0 Å². The molecule has 0 aliphatic rings. The number of fused-ring (bicyclic) bond motifs is 2. The van der Waals surface area contributed by atoms with E-state index in [-0.39, 0.29) is 5.88 Å². The number of hydrogen-bond donors (Lipinski definition) is 2. The van der Waals surface area contributed by atoms with Crippen LogP contribution in [0.25, 0.3) is 21.9 Å². The highest BCUT2D eigenvalue weighted by Crippen LogP contribution is 2.27. The smallest absolute Gasteiger partial charge is 0.199 e. The summed E-state index contributed by atoms with van der Waals surface area (Å²) in [5, 5.41) is 11.9. The van der Waals surface area contributed by atoms with Crippen LogP contribution in [0.4, 0.5) is 5.69 Å². The maximum absolute atomic E-state index is 10.0. The highest BCUT2D eigenvalue weighted by atomic mass is 16.3. The topological polar surface area (TPSA) is 74.2 Å². The van der Waals surface area contributed by atoms with Crippen molar-refractivity contribution in [2.45, 2.75) is 0 Å². The van der Waals surface area contributed by atoms with Crippen molar-refractivity contribution in [3.8, 4) is 5.88 Å². The number of H-pyrrole nitrogens is 1. The van der Waals surface area contributed by atoms with Gasteiger partial charge in [0.05, 0.1) is 16.8 Å². The zero-order valence-corrected chi connectivity index (χ0v) is 11.6. The molecule has 0 aliphatic heterocycles. The van der Waals surface area contributed by atoms with Crippen molar-refractivity contribution in [2.75, 3.05) is 0 Å². The summed E-state index contributed by atoms with van der Waals surface area (Å²) in [5.74, 6) is 0.0608. The van der Waals surface area contributed by atoms with Crippen molar-refractivity contribution in [3.63, 3.8) is 0 Å². The molecule has 2 N–H and O–H groups in total. The Morgan fingerprint density at radius 1 is 1.00 bits per heavy atom. The van der Waals surface area contributed by atoms with Gasteiger partial charge in [-0.1, -0.05) is 18.2 Å². The molecule has 1 aromatic carbocycles. The SMILES string of the molecule is Oc1[nH]c2ncccc2c1C=Nc1cccc2cccnc12. The Morgan fingerprint density at radius 2 is 1.82 bits per heavy atom. The van der Waals surface area contributed by atoms with Gasteiger partial charge in [0, 0.05) is 29.4 Å². The normalized spacial score (nSPS) is 11.6. The minimum atomic E-state index is 0.0608. The molecule has 0 spiro atoms. The molecule has 0 fully saturated rings. The molecule has 22 heavy (non-hydrogen) atoms. The van der Waals surface area contributed by atoms with E-state index in [4.69, 9.17) is 0 Å². The Labute approximate surface area is 126 Å². The molecule has 0 radical (unpaired) electrons. The third-order valence-electron chi connectivity index (χ3n) is 3.53. The van der Waals surface area contributed by atoms with E-state index in [2.05, 4.69) is 19.9 Å². The summed E-state index contributed by atoms with van der Waals surface area (Å²) < 4.78 is 0. The lowest BCUT2D eigenvalue weighted by Crippen LogP contribution is -1.82. The van der Waals surface area contributed by atoms with Crippen molar-refractivity contribution in [1.82, 2.24) is 15.0 Å². The number of aliphatic imine (C=N–C) groups is 1. The number of para-hydroxylation sites is 1. The molecule has 3 heterocycles.